The predicted molar refractivity (Wildman–Crippen MR) is 44.8 cm³/mol. The first-order valence-electron chi connectivity index (χ1n) is 4.09. The van der Waals surface area contributed by atoms with Gasteiger partial charge in [0.05, 0.1) is 12.7 Å². The highest BCUT2D eigenvalue weighted by molar-refractivity contribution is 4.87. The Morgan fingerprint density at radius 2 is 2.00 bits per heavy atom. The largest absolute Gasteiger partial charge is 0.394 e. The van der Waals surface area contributed by atoms with E-state index in [0.717, 1.165) is 0 Å². The molecule has 0 aromatic rings. The molecular weight excluding hydrogens is 160 g/mol. The van der Waals surface area contributed by atoms with E-state index in [0.29, 0.717) is 6.61 Å². The standard InChI is InChI=1S/C8H18O4/c1-4-12-6(2)8(3,11)7(10)5-9/h6-7,9-11H,4-5H2,1-3H3/t6?,7-,8-/m1/s1. The topological polar surface area (TPSA) is 69.9 Å². The molecule has 0 aromatic carbocycles. The van der Waals surface area contributed by atoms with Crippen LogP contribution in [0.3, 0.4) is 0 Å². The van der Waals surface area contributed by atoms with Crippen LogP contribution in [0.5, 0.6) is 0 Å². The maximum absolute atomic E-state index is 9.65. The maximum atomic E-state index is 9.65. The molecule has 0 spiro atoms. The van der Waals surface area contributed by atoms with E-state index in [-0.39, 0.29) is 0 Å². The van der Waals surface area contributed by atoms with Crippen LogP contribution in [-0.4, -0.2) is 46.3 Å². The minimum absolute atomic E-state index is 0.468. The fraction of sp³-hybridized carbons (Fsp3) is 1.00. The molecule has 0 saturated heterocycles. The van der Waals surface area contributed by atoms with Crippen LogP contribution in [0.25, 0.3) is 0 Å². The van der Waals surface area contributed by atoms with Crippen molar-refractivity contribution >= 4 is 0 Å². The Hall–Kier alpha value is -0.160. The van der Waals surface area contributed by atoms with Gasteiger partial charge in [0.15, 0.2) is 0 Å². The van der Waals surface area contributed by atoms with Gasteiger partial charge in [0.2, 0.25) is 0 Å². The molecule has 12 heavy (non-hydrogen) atoms. The van der Waals surface area contributed by atoms with Crippen LogP contribution in [0, 0.1) is 0 Å². The van der Waals surface area contributed by atoms with Crippen molar-refractivity contribution in [1.82, 2.24) is 0 Å². The third-order valence-corrected chi connectivity index (χ3v) is 2.09. The zero-order valence-electron chi connectivity index (χ0n) is 7.82. The highest BCUT2D eigenvalue weighted by Crippen LogP contribution is 2.17. The van der Waals surface area contributed by atoms with E-state index in [1.165, 1.54) is 6.92 Å². The molecule has 0 radical (unpaired) electrons. The lowest BCUT2D eigenvalue weighted by molar-refractivity contribution is -0.157. The van der Waals surface area contributed by atoms with Crippen LogP contribution < -0.4 is 0 Å². The molecule has 0 amide bonds. The minimum atomic E-state index is -1.40. The number of aliphatic hydroxyl groups excluding tert-OH is 2. The lowest BCUT2D eigenvalue weighted by Gasteiger charge is -2.33. The first-order valence-corrected chi connectivity index (χ1v) is 4.09. The van der Waals surface area contributed by atoms with Crippen LogP contribution in [-0.2, 0) is 4.74 Å². The van der Waals surface area contributed by atoms with E-state index >= 15 is 0 Å². The average Bonchev–Trinajstić information content (AvgIpc) is 2.03. The van der Waals surface area contributed by atoms with E-state index in [9.17, 15) is 10.2 Å². The van der Waals surface area contributed by atoms with Crippen LogP contribution in [0.4, 0.5) is 0 Å². The van der Waals surface area contributed by atoms with Crippen molar-refractivity contribution in [2.75, 3.05) is 13.2 Å². The Morgan fingerprint density at radius 3 is 2.33 bits per heavy atom. The molecule has 0 aliphatic carbocycles. The van der Waals surface area contributed by atoms with Gasteiger partial charge >= 0.3 is 0 Å². The fourth-order valence-electron chi connectivity index (χ4n) is 0.874. The average molecular weight is 178 g/mol. The van der Waals surface area contributed by atoms with Gasteiger partial charge in [-0.1, -0.05) is 0 Å². The molecule has 1 unspecified atom stereocenters. The van der Waals surface area contributed by atoms with E-state index in [2.05, 4.69) is 0 Å². The second-order valence-corrected chi connectivity index (χ2v) is 3.02. The summed E-state index contributed by atoms with van der Waals surface area (Å²) in [5.74, 6) is 0. The predicted octanol–water partition coefficient (Wildman–Crippen LogP) is -0.484. The highest BCUT2D eigenvalue weighted by Gasteiger charge is 2.36. The molecule has 4 nitrogen and oxygen atoms in total. The Kier molecular flexibility index (Phi) is 4.70. The van der Waals surface area contributed by atoms with Gasteiger partial charge in [-0.15, -0.1) is 0 Å². The van der Waals surface area contributed by atoms with Gasteiger partial charge in [-0.05, 0) is 20.8 Å². The maximum Gasteiger partial charge on any atom is 0.116 e. The molecule has 0 aliphatic heterocycles. The van der Waals surface area contributed by atoms with Crippen molar-refractivity contribution in [2.45, 2.75) is 38.6 Å². The number of ether oxygens (including phenoxy) is 1. The van der Waals surface area contributed by atoms with Crippen molar-refractivity contribution < 1.29 is 20.1 Å². The number of hydrogen-bond acceptors (Lipinski definition) is 4. The normalized spacial score (nSPS) is 21.5. The zero-order chi connectivity index (χ0) is 9.78. The molecule has 74 valence electrons. The summed E-state index contributed by atoms with van der Waals surface area (Å²) in [5, 5.41) is 27.5. The molecule has 0 bridgehead atoms. The lowest BCUT2D eigenvalue weighted by atomic mass is 9.94. The fourth-order valence-corrected chi connectivity index (χ4v) is 0.874. The van der Waals surface area contributed by atoms with Gasteiger partial charge in [-0.25, -0.2) is 0 Å². The lowest BCUT2D eigenvalue weighted by Crippen LogP contribution is -2.51. The second-order valence-electron chi connectivity index (χ2n) is 3.02. The highest BCUT2D eigenvalue weighted by atomic mass is 16.5. The smallest absolute Gasteiger partial charge is 0.116 e. The summed E-state index contributed by atoms with van der Waals surface area (Å²) in [5.41, 5.74) is -1.40. The van der Waals surface area contributed by atoms with Gasteiger partial charge in [0.1, 0.15) is 11.7 Å². The van der Waals surface area contributed by atoms with Gasteiger partial charge in [-0.3, -0.25) is 0 Å². The van der Waals surface area contributed by atoms with Crippen LogP contribution in [0.1, 0.15) is 20.8 Å². The molecule has 0 heterocycles. The summed E-state index contributed by atoms with van der Waals surface area (Å²) >= 11 is 0. The van der Waals surface area contributed by atoms with Crippen molar-refractivity contribution in [1.29, 1.82) is 0 Å². The molecule has 0 saturated carbocycles. The third-order valence-electron chi connectivity index (χ3n) is 2.09. The first kappa shape index (κ1) is 11.8. The quantitative estimate of drug-likeness (QED) is 0.531. The summed E-state index contributed by atoms with van der Waals surface area (Å²) < 4.78 is 5.11. The Labute approximate surface area is 72.8 Å². The van der Waals surface area contributed by atoms with Gasteiger partial charge in [0, 0.05) is 6.61 Å². The molecule has 3 N–H and O–H groups in total. The summed E-state index contributed by atoms with van der Waals surface area (Å²) in [7, 11) is 0. The van der Waals surface area contributed by atoms with Crippen LogP contribution >= 0.6 is 0 Å². The Bertz CT molecular complexity index is 124. The number of rotatable bonds is 5. The van der Waals surface area contributed by atoms with E-state index in [1.54, 1.807) is 13.8 Å². The van der Waals surface area contributed by atoms with Crippen LogP contribution in [0.15, 0.2) is 0 Å². The third kappa shape index (κ3) is 2.71. The van der Waals surface area contributed by atoms with E-state index in [1.807, 2.05) is 0 Å². The first-order chi connectivity index (χ1) is 5.46. The second kappa shape index (κ2) is 4.77. The monoisotopic (exact) mass is 178 g/mol. The van der Waals surface area contributed by atoms with Crippen LogP contribution in [0.2, 0.25) is 0 Å². The Balaban J connectivity index is 4.16. The minimum Gasteiger partial charge on any atom is -0.394 e. The summed E-state index contributed by atoms with van der Waals surface area (Å²) in [6.45, 7) is 4.90. The van der Waals surface area contributed by atoms with Crippen molar-refractivity contribution in [3.8, 4) is 0 Å². The van der Waals surface area contributed by atoms with E-state index < -0.39 is 24.4 Å². The van der Waals surface area contributed by atoms with Crippen molar-refractivity contribution in [2.24, 2.45) is 0 Å². The number of hydrogen-bond donors (Lipinski definition) is 3. The molecule has 0 aliphatic rings. The zero-order valence-corrected chi connectivity index (χ0v) is 7.82. The molecule has 0 aromatic heterocycles. The SMILES string of the molecule is CCOC(C)[C@@](C)(O)[C@H](O)CO. The Morgan fingerprint density at radius 1 is 1.50 bits per heavy atom. The molecule has 3 atom stereocenters. The molecule has 4 heteroatoms. The summed E-state index contributed by atoms with van der Waals surface area (Å²) in [4.78, 5) is 0. The molecule has 0 fully saturated rings. The number of aliphatic hydroxyl groups is 3. The van der Waals surface area contributed by atoms with E-state index in [4.69, 9.17) is 9.84 Å². The molecule has 0 rings (SSSR count). The van der Waals surface area contributed by atoms with Gasteiger partial charge < -0.3 is 20.1 Å². The molecular formula is C8H18O4. The summed E-state index contributed by atoms with van der Waals surface area (Å²) in [6, 6.07) is 0. The van der Waals surface area contributed by atoms with Crippen molar-refractivity contribution in [3.05, 3.63) is 0 Å². The van der Waals surface area contributed by atoms with Gasteiger partial charge in [0.25, 0.3) is 0 Å². The summed E-state index contributed by atoms with van der Waals surface area (Å²) in [6.07, 6.45) is -1.66. The van der Waals surface area contributed by atoms with Crippen molar-refractivity contribution in [3.63, 3.8) is 0 Å². The van der Waals surface area contributed by atoms with Gasteiger partial charge in [-0.2, -0.15) is 0 Å².